The summed E-state index contributed by atoms with van der Waals surface area (Å²) in [6.45, 7) is 2.00. The van der Waals surface area contributed by atoms with Crippen molar-refractivity contribution >= 4 is 51.6 Å². The maximum absolute atomic E-state index is 13.3. The highest BCUT2D eigenvalue weighted by Gasteiger charge is 2.15. The zero-order valence-electron chi connectivity index (χ0n) is 19.1. The smallest absolute Gasteiger partial charge is 0.266 e. The second kappa shape index (κ2) is 11.0. The van der Waals surface area contributed by atoms with Crippen molar-refractivity contribution in [2.45, 2.75) is 12.1 Å². The SMILES string of the molecule is COc1ccc(-n2c(SCC(=O)NNC(=S)Nc3ccc(C)cc3)nc3ccccc3c2=O)cc1. The molecule has 1 amide bonds. The lowest BCUT2D eigenvalue weighted by molar-refractivity contribution is -0.119. The fraction of sp³-hybridized carbons (Fsp3) is 0.120. The van der Waals surface area contributed by atoms with Crippen LogP contribution in [0.25, 0.3) is 16.6 Å². The molecule has 35 heavy (non-hydrogen) atoms. The largest absolute Gasteiger partial charge is 0.497 e. The standard InChI is InChI=1S/C25H23N5O3S2/c1-16-7-9-17(10-8-16)26-24(34)29-28-22(31)15-35-25-27-21-6-4-3-5-20(21)23(32)30(25)18-11-13-19(33-2)14-12-18/h3-14H,15H2,1-2H3,(H,28,31)(H2,26,29,34). The Morgan fingerprint density at radius 2 is 1.74 bits per heavy atom. The van der Waals surface area contributed by atoms with E-state index >= 15 is 0 Å². The number of anilines is 1. The van der Waals surface area contributed by atoms with Crippen molar-refractivity contribution in [1.82, 2.24) is 20.4 Å². The fourth-order valence-corrected chi connectivity index (χ4v) is 4.24. The number of benzene rings is 3. The van der Waals surface area contributed by atoms with Crippen molar-refractivity contribution in [2.24, 2.45) is 0 Å². The van der Waals surface area contributed by atoms with Gasteiger partial charge in [-0.05, 0) is 67.7 Å². The van der Waals surface area contributed by atoms with Gasteiger partial charge in [-0.25, -0.2) is 4.98 Å². The van der Waals surface area contributed by atoms with Crippen molar-refractivity contribution in [1.29, 1.82) is 0 Å². The number of thiocarbonyl (C=S) groups is 1. The second-order valence-corrected chi connectivity index (χ2v) is 8.88. The van der Waals surface area contributed by atoms with Gasteiger partial charge in [0.1, 0.15) is 5.75 Å². The van der Waals surface area contributed by atoms with Gasteiger partial charge in [0, 0.05) is 5.69 Å². The number of thioether (sulfide) groups is 1. The van der Waals surface area contributed by atoms with Crippen LogP contribution in [0.15, 0.2) is 82.7 Å². The molecule has 0 radical (unpaired) electrons. The molecule has 0 saturated carbocycles. The van der Waals surface area contributed by atoms with Gasteiger partial charge >= 0.3 is 0 Å². The van der Waals surface area contributed by atoms with Gasteiger partial charge in [0.2, 0.25) is 5.91 Å². The number of carbonyl (C=O) groups is 1. The van der Waals surface area contributed by atoms with Gasteiger partial charge in [-0.15, -0.1) is 0 Å². The molecular weight excluding hydrogens is 482 g/mol. The van der Waals surface area contributed by atoms with Gasteiger partial charge in [-0.2, -0.15) is 0 Å². The molecule has 0 fully saturated rings. The van der Waals surface area contributed by atoms with Crippen LogP contribution in [0.2, 0.25) is 0 Å². The van der Waals surface area contributed by atoms with Crippen molar-refractivity contribution in [3.05, 3.63) is 88.7 Å². The van der Waals surface area contributed by atoms with Crippen LogP contribution >= 0.6 is 24.0 Å². The Balaban J connectivity index is 1.47. The third-order valence-electron chi connectivity index (χ3n) is 5.03. The van der Waals surface area contributed by atoms with Crippen LogP contribution in [0.3, 0.4) is 0 Å². The zero-order valence-corrected chi connectivity index (χ0v) is 20.7. The van der Waals surface area contributed by atoms with Crippen LogP contribution in [0.1, 0.15) is 5.56 Å². The van der Waals surface area contributed by atoms with E-state index in [2.05, 4.69) is 21.2 Å². The third kappa shape index (κ3) is 5.97. The monoisotopic (exact) mass is 505 g/mol. The summed E-state index contributed by atoms with van der Waals surface area (Å²) in [6.07, 6.45) is 0. The maximum atomic E-state index is 13.3. The number of nitrogens with one attached hydrogen (secondary N) is 3. The third-order valence-corrected chi connectivity index (χ3v) is 6.18. The average Bonchev–Trinajstić information content (AvgIpc) is 2.88. The first-order valence-electron chi connectivity index (χ1n) is 10.7. The first-order chi connectivity index (χ1) is 16.9. The summed E-state index contributed by atoms with van der Waals surface area (Å²) < 4.78 is 6.72. The molecule has 8 nitrogen and oxygen atoms in total. The fourth-order valence-electron chi connectivity index (χ4n) is 3.26. The summed E-state index contributed by atoms with van der Waals surface area (Å²) >= 11 is 6.38. The molecular formula is C25H23N5O3S2. The van der Waals surface area contributed by atoms with Crippen LogP contribution in [-0.2, 0) is 4.79 Å². The molecule has 0 aliphatic rings. The molecule has 1 aromatic heterocycles. The Hall–Kier alpha value is -3.89. The van der Waals surface area contributed by atoms with Crippen LogP contribution in [0, 0.1) is 6.92 Å². The molecule has 4 rings (SSSR count). The van der Waals surface area contributed by atoms with Crippen LogP contribution < -0.4 is 26.5 Å². The molecule has 0 aliphatic heterocycles. The minimum Gasteiger partial charge on any atom is -0.497 e. The second-order valence-electron chi connectivity index (χ2n) is 7.53. The number of para-hydroxylation sites is 1. The Morgan fingerprint density at radius 3 is 2.46 bits per heavy atom. The lowest BCUT2D eigenvalue weighted by Crippen LogP contribution is -2.44. The normalized spacial score (nSPS) is 10.6. The van der Waals surface area contributed by atoms with E-state index in [4.69, 9.17) is 17.0 Å². The van der Waals surface area contributed by atoms with E-state index in [1.54, 1.807) is 49.6 Å². The van der Waals surface area contributed by atoms with Crippen LogP contribution in [0.5, 0.6) is 5.75 Å². The predicted octanol–water partition coefficient (Wildman–Crippen LogP) is 3.81. The van der Waals surface area contributed by atoms with Gasteiger partial charge in [0.25, 0.3) is 5.56 Å². The quantitative estimate of drug-likeness (QED) is 0.158. The van der Waals surface area contributed by atoms with Gasteiger partial charge in [0.05, 0.1) is 29.5 Å². The van der Waals surface area contributed by atoms with Crippen LogP contribution in [-0.4, -0.2) is 33.4 Å². The highest BCUT2D eigenvalue weighted by Crippen LogP contribution is 2.22. The highest BCUT2D eigenvalue weighted by molar-refractivity contribution is 7.99. The summed E-state index contributed by atoms with van der Waals surface area (Å²) in [5.74, 6) is 0.360. The lowest BCUT2D eigenvalue weighted by atomic mass is 10.2. The average molecular weight is 506 g/mol. The number of nitrogens with zero attached hydrogens (tertiary/aromatic N) is 2. The minimum absolute atomic E-state index is 0.0150. The maximum Gasteiger partial charge on any atom is 0.266 e. The molecule has 3 aromatic carbocycles. The number of aromatic nitrogens is 2. The van der Waals surface area contributed by atoms with Gasteiger partial charge in [-0.1, -0.05) is 41.6 Å². The topological polar surface area (TPSA) is 97.3 Å². The highest BCUT2D eigenvalue weighted by atomic mass is 32.2. The number of hydrogen-bond donors (Lipinski definition) is 3. The molecule has 0 spiro atoms. The predicted molar refractivity (Wildman–Crippen MR) is 143 cm³/mol. The van der Waals surface area contributed by atoms with Gasteiger partial charge < -0.3 is 10.1 Å². The number of ether oxygens (including phenoxy) is 1. The Bertz CT molecular complexity index is 1420. The Kier molecular flexibility index (Phi) is 7.64. The van der Waals surface area contributed by atoms with Crippen molar-refractivity contribution in [3.63, 3.8) is 0 Å². The number of aryl methyl sites for hydroxylation is 1. The molecule has 0 atom stereocenters. The van der Waals surface area contributed by atoms with Gasteiger partial charge in [0.15, 0.2) is 10.3 Å². The first-order valence-corrected chi connectivity index (χ1v) is 12.1. The lowest BCUT2D eigenvalue weighted by Gasteiger charge is -2.14. The van der Waals surface area contributed by atoms with E-state index in [0.717, 1.165) is 23.0 Å². The zero-order chi connectivity index (χ0) is 24.8. The molecule has 4 aromatic rings. The number of amides is 1. The number of fused-ring (bicyclic) bond motifs is 1. The van der Waals surface area contributed by atoms with Crippen molar-refractivity contribution < 1.29 is 9.53 Å². The molecule has 10 heteroatoms. The minimum atomic E-state index is -0.327. The molecule has 3 N–H and O–H groups in total. The Labute approximate surface area is 211 Å². The summed E-state index contributed by atoms with van der Waals surface area (Å²) in [6, 6.07) is 21.9. The summed E-state index contributed by atoms with van der Waals surface area (Å²) in [5, 5.41) is 4.14. The number of rotatable bonds is 6. The number of methoxy groups -OCH3 is 1. The Morgan fingerprint density at radius 1 is 1.03 bits per heavy atom. The molecule has 0 aliphatic carbocycles. The van der Waals surface area contributed by atoms with E-state index in [1.807, 2.05) is 37.3 Å². The first kappa shape index (κ1) is 24.2. The van der Waals surface area contributed by atoms with Gasteiger partial charge in [-0.3, -0.25) is 25.0 Å². The molecule has 1 heterocycles. The molecule has 0 unspecified atom stereocenters. The summed E-state index contributed by atoms with van der Waals surface area (Å²) in [5.41, 5.74) is 8.16. The van der Waals surface area contributed by atoms with Crippen LogP contribution in [0.4, 0.5) is 5.69 Å². The van der Waals surface area contributed by atoms with Crippen molar-refractivity contribution in [3.8, 4) is 11.4 Å². The summed E-state index contributed by atoms with van der Waals surface area (Å²) in [7, 11) is 1.58. The van der Waals surface area contributed by atoms with E-state index in [1.165, 1.54) is 4.57 Å². The van der Waals surface area contributed by atoms with E-state index in [0.29, 0.717) is 27.5 Å². The molecule has 178 valence electrons. The number of carbonyl (C=O) groups excluding carboxylic acids is 1. The van der Waals surface area contributed by atoms with Crippen molar-refractivity contribution in [2.75, 3.05) is 18.2 Å². The van der Waals surface area contributed by atoms with E-state index in [-0.39, 0.29) is 22.3 Å². The van der Waals surface area contributed by atoms with E-state index in [9.17, 15) is 9.59 Å². The molecule has 0 bridgehead atoms. The number of hydrogen-bond acceptors (Lipinski definition) is 6. The number of hydrazine groups is 1. The van der Waals surface area contributed by atoms with E-state index < -0.39 is 0 Å². The molecule has 0 saturated heterocycles. The summed E-state index contributed by atoms with van der Waals surface area (Å²) in [4.78, 5) is 30.4.